The largest absolute Gasteiger partial charge is 0.348 e. The second-order valence-corrected chi connectivity index (χ2v) is 4.79. The highest BCUT2D eigenvalue weighted by Gasteiger charge is 2.10. The molecule has 5 heteroatoms. The van der Waals surface area contributed by atoms with Crippen LogP contribution in [0.15, 0.2) is 18.2 Å². The first-order valence-electron chi connectivity index (χ1n) is 5.51. The predicted octanol–water partition coefficient (Wildman–Crippen LogP) is 1.73. The van der Waals surface area contributed by atoms with Gasteiger partial charge in [-0.05, 0) is 24.7 Å². The average Bonchev–Trinajstić information content (AvgIpc) is 2.31. The lowest BCUT2D eigenvalue weighted by atomic mass is 10.1. The van der Waals surface area contributed by atoms with Crippen LogP contribution in [0.5, 0.6) is 0 Å². The number of amides is 1. The number of nitrogens with zero attached hydrogens (tertiary/aromatic N) is 3. The van der Waals surface area contributed by atoms with Crippen molar-refractivity contribution in [2.24, 2.45) is 0 Å². The molecule has 0 saturated heterocycles. The molecule has 1 aromatic carbocycles. The first-order valence-corrected chi connectivity index (χ1v) is 5.89. The summed E-state index contributed by atoms with van der Waals surface area (Å²) in [6.07, 6.45) is 0. The molecule has 0 aromatic heterocycles. The van der Waals surface area contributed by atoms with Crippen LogP contribution in [0, 0.1) is 11.3 Å². The van der Waals surface area contributed by atoms with Gasteiger partial charge >= 0.3 is 0 Å². The molecule has 0 atom stereocenters. The van der Waals surface area contributed by atoms with E-state index in [-0.39, 0.29) is 5.91 Å². The third kappa shape index (κ3) is 4.02. The van der Waals surface area contributed by atoms with Crippen molar-refractivity contribution in [3.8, 4) is 6.07 Å². The van der Waals surface area contributed by atoms with Gasteiger partial charge in [-0.3, -0.25) is 9.69 Å². The zero-order chi connectivity index (χ0) is 13.7. The molecule has 0 fully saturated rings. The molecule has 0 aliphatic carbocycles. The summed E-state index contributed by atoms with van der Waals surface area (Å²) in [6, 6.07) is 7.22. The topological polar surface area (TPSA) is 47.3 Å². The zero-order valence-electron chi connectivity index (χ0n) is 10.8. The molecule has 0 aliphatic rings. The minimum Gasteiger partial charge on any atom is -0.348 e. The summed E-state index contributed by atoms with van der Waals surface area (Å²) < 4.78 is 0. The van der Waals surface area contributed by atoms with Crippen LogP contribution in [-0.2, 0) is 11.3 Å². The Morgan fingerprint density at radius 3 is 2.56 bits per heavy atom. The monoisotopic (exact) mass is 265 g/mol. The van der Waals surface area contributed by atoms with E-state index < -0.39 is 0 Å². The Labute approximate surface area is 112 Å². The van der Waals surface area contributed by atoms with E-state index in [1.807, 2.05) is 24.1 Å². The van der Waals surface area contributed by atoms with E-state index in [1.54, 1.807) is 31.1 Å². The van der Waals surface area contributed by atoms with Gasteiger partial charge in [-0.2, -0.15) is 5.26 Å². The zero-order valence-corrected chi connectivity index (χ0v) is 11.5. The van der Waals surface area contributed by atoms with Gasteiger partial charge in [0.25, 0.3) is 0 Å². The molecule has 0 N–H and O–H groups in total. The molecular weight excluding hydrogens is 250 g/mol. The van der Waals surface area contributed by atoms with Crippen molar-refractivity contribution in [1.29, 1.82) is 5.26 Å². The van der Waals surface area contributed by atoms with Gasteiger partial charge in [-0.25, -0.2) is 0 Å². The number of carbonyl (C=O) groups is 1. The fraction of sp³-hybridized carbons (Fsp3) is 0.385. The smallest absolute Gasteiger partial charge is 0.236 e. The Kier molecular flexibility index (Phi) is 5.14. The molecule has 0 bridgehead atoms. The standard InChI is InChI=1S/C13H16ClN3O/c1-16(2)13(18)9-17(3)8-11-5-4-10(7-15)6-12(11)14/h4-6H,8-9H2,1-3H3. The van der Waals surface area contributed by atoms with Gasteiger partial charge in [0.05, 0.1) is 18.2 Å². The Morgan fingerprint density at radius 2 is 2.06 bits per heavy atom. The van der Waals surface area contributed by atoms with Gasteiger partial charge in [-0.15, -0.1) is 0 Å². The number of benzene rings is 1. The van der Waals surface area contributed by atoms with Crippen LogP contribution in [0.3, 0.4) is 0 Å². The van der Waals surface area contributed by atoms with E-state index in [1.165, 1.54) is 0 Å². The maximum Gasteiger partial charge on any atom is 0.236 e. The van der Waals surface area contributed by atoms with Crippen LogP contribution in [0.2, 0.25) is 5.02 Å². The Balaban J connectivity index is 2.68. The second kappa shape index (κ2) is 6.39. The van der Waals surface area contributed by atoms with Crippen LogP contribution in [0.25, 0.3) is 0 Å². The Morgan fingerprint density at radius 1 is 1.39 bits per heavy atom. The summed E-state index contributed by atoms with van der Waals surface area (Å²) >= 11 is 6.08. The molecule has 1 amide bonds. The number of halogens is 1. The lowest BCUT2D eigenvalue weighted by Gasteiger charge is -2.19. The van der Waals surface area contributed by atoms with Crippen LogP contribution in [0.1, 0.15) is 11.1 Å². The van der Waals surface area contributed by atoms with Gasteiger partial charge in [0.15, 0.2) is 0 Å². The van der Waals surface area contributed by atoms with Crippen LogP contribution in [-0.4, -0.2) is 43.4 Å². The molecule has 0 spiro atoms. The van der Waals surface area contributed by atoms with Crippen LogP contribution < -0.4 is 0 Å². The number of carbonyl (C=O) groups excluding carboxylic acids is 1. The van der Waals surface area contributed by atoms with Crippen molar-refractivity contribution in [2.45, 2.75) is 6.54 Å². The maximum absolute atomic E-state index is 11.5. The minimum atomic E-state index is 0.0438. The molecule has 0 unspecified atom stereocenters. The first kappa shape index (κ1) is 14.5. The Bertz CT molecular complexity index is 480. The Hall–Kier alpha value is -1.57. The molecule has 18 heavy (non-hydrogen) atoms. The molecule has 1 aromatic rings. The lowest BCUT2D eigenvalue weighted by Crippen LogP contribution is -2.34. The number of nitriles is 1. The van der Waals surface area contributed by atoms with Crippen LogP contribution >= 0.6 is 11.6 Å². The highest BCUT2D eigenvalue weighted by atomic mass is 35.5. The second-order valence-electron chi connectivity index (χ2n) is 4.38. The first-order chi connectivity index (χ1) is 8.43. The van der Waals surface area contributed by atoms with Gasteiger partial charge in [0.1, 0.15) is 0 Å². The fourth-order valence-electron chi connectivity index (χ4n) is 1.46. The van der Waals surface area contributed by atoms with Crippen molar-refractivity contribution in [3.63, 3.8) is 0 Å². The summed E-state index contributed by atoms with van der Waals surface area (Å²) in [7, 11) is 5.31. The lowest BCUT2D eigenvalue weighted by molar-refractivity contribution is -0.129. The quantitative estimate of drug-likeness (QED) is 0.833. The highest BCUT2D eigenvalue weighted by molar-refractivity contribution is 6.31. The van der Waals surface area contributed by atoms with Gasteiger partial charge in [-0.1, -0.05) is 17.7 Å². The third-order valence-corrected chi connectivity index (χ3v) is 2.88. The van der Waals surface area contributed by atoms with Crippen LogP contribution in [0.4, 0.5) is 0 Å². The van der Waals surface area contributed by atoms with Crippen molar-refractivity contribution < 1.29 is 4.79 Å². The van der Waals surface area contributed by atoms with Gasteiger partial charge in [0.2, 0.25) is 5.91 Å². The summed E-state index contributed by atoms with van der Waals surface area (Å²) in [5, 5.41) is 9.30. The van der Waals surface area contributed by atoms with Crippen molar-refractivity contribution >= 4 is 17.5 Å². The molecular formula is C13H16ClN3O. The van der Waals surface area contributed by atoms with E-state index in [0.717, 1.165) is 5.56 Å². The molecule has 1 rings (SSSR count). The summed E-state index contributed by atoms with van der Waals surface area (Å²) in [4.78, 5) is 15.0. The van der Waals surface area contributed by atoms with Crippen molar-refractivity contribution in [2.75, 3.05) is 27.7 Å². The third-order valence-electron chi connectivity index (χ3n) is 2.53. The summed E-state index contributed by atoms with van der Waals surface area (Å²) in [6.45, 7) is 0.910. The molecule has 4 nitrogen and oxygen atoms in total. The maximum atomic E-state index is 11.5. The highest BCUT2D eigenvalue weighted by Crippen LogP contribution is 2.18. The average molecular weight is 266 g/mol. The summed E-state index contributed by atoms with van der Waals surface area (Å²) in [5.74, 6) is 0.0438. The normalized spacial score (nSPS) is 10.2. The fourth-order valence-corrected chi connectivity index (χ4v) is 1.70. The SMILES string of the molecule is CN(CC(=O)N(C)C)Cc1ccc(C#N)cc1Cl. The molecule has 96 valence electrons. The van der Waals surface area contributed by atoms with Gasteiger partial charge in [0, 0.05) is 25.7 Å². The van der Waals surface area contributed by atoms with E-state index in [4.69, 9.17) is 16.9 Å². The van der Waals surface area contributed by atoms with Gasteiger partial charge < -0.3 is 4.90 Å². The minimum absolute atomic E-state index is 0.0438. The number of hydrogen-bond acceptors (Lipinski definition) is 3. The van der Waals surface area contributed by atoms with E-state index in [0.29, 0.717) is 23.7 Å². The molecule has 0 heterocycles. The van der Waals surface area contributed by atoms with E-state index in [9.17, 15) is 4.79 Å². The van der Waals surface area contributed by atoms with E-state index in [2.05, 4.69) is 0 Å². The number of rotatable bonds is 4. The molecule has 0 aliphatic heterocycles. The molecule has 0 saturated carbocycles. The predicted molar refractivity (Wildman–Crippen MR) is 71.2 cm³/mol. The van der Waals surface area contributed by atoms with Crippen molar-refractivity contribution in [3.05, 3.63) is 34.3 Å². The summed E-state index contributed by atoms with van der Waals surface area (Å²) in [5.41, 5.74) is 1.44. The number of likely N-dealkylation sites (N-methyl/N-ethyl adjacent to an activating group) is 2. The number of hydrogen-bond donors (Lipinski definition) is 0. The van der Waals surface area contributed by atoms with E-state index >= 15 is 0 Å². The molecule has 0 radical (unpaired) electrons. The van der Waals surface area contributed by atoms with Crippen molar-refractivity contribution in [1.82, 2.24) is 9.80 Å².